The zero-order chi connectivity index (χ0) is 19.3. The van der Waals surface area contributed by atoms with Crippen molar-refractivity contribution < 1.29 is 8.42 Å². The van der Waals surface area contributed by atoms with Crippen LogP contribution in [0, 0.1) is 0 Å². The van der Waals surface area contributed by atoms with Gasteiger partial charge in [-0.05, 0) is 38.2 Å². The van der Waals surface area contributed by atoms with E-state index >= 15 is 0 Å². The third-order valence-electron chi connectivity index (χ3n) is 4.19. The van der Waals surface area contributed by atoms with E-state index < -0.39 is 10.0 Å². The smallest absolute Gasteiger partial charge is 0.264 e. The van der Waals surface area contributed by atoms with Crippen LogP contribution < -0.4 is 4.72 Å². The van der Waals surface area contributed by atoms with Gasteiger partial charge in [0.1, 0.15) is 0 Å². The molecular formula is C19H21N5O2S. The molecule has 0 aliphatic rings. The number of sulfonamides is 1. The first-order valence-electron chi connectivity index (χ1n) is 8.45. The minimum atomic E-state index is -3.69. The van der Waals surface area contributed by atoms with E-state index in [0.717, 1.165) is 11.3 Å². The molecular weight excluding hydrogens is 362 g/mol. The molecule has 0 spiro atoms. The van der Waals surface area contributed by atoms with Gasteiger partial charge in [0, 0.05) is 36.7 Å². The van der Waals surface area contributed by atoms with Gasteiger partial charge in [-0.3, -0.25) is 9.88 Å². The van der Waals surface area contributed by atoms with E-state index in [2.05, 4.69) is 31.5 Å². The lowest BCUT2D eigenvalue weighted by molar-refractivity contribution is 0.248. The maximum Gasteiger partial charge on any atom is 0.264 e. The van der Waals surface area contributed by atoms with Gasteiger partial charge in [0.2, 0.25) is 5.95 Å². The fourth-order valence-corrected chi connectivity index (χ4v) is 3.52. The van der Waals surface area contributed by atoms with Gasteiger partial charge in [0.25, 0.3) is 10.0 Å². The second-order valence-electron chi connectivity index (χ2n) is 6.18. The van der Waals surface area contributed by atoms with Crippen LogP contribution in [-0.4, -0.2) is 35.3 Å². The Morgan fingerprint density at radius 1 is 1.00 bits per heavy atom. The molecule has 2 heterocycles. The van der Waals surface area contributed by atoms with Gasteiger partial charge in [0.05, 0.1) is 10.6 Å². The van der Waals surface area contributed by atoms with Crippen LogP contribution >= 0.6 is 0 Å². The lowest BCUT2D eigenvalue weighted by Gasteiger charge is -2.24. The summed E-state index contributed by atoms with van der Waals surface area (Å²) in [4.78, 5) is 14.9. The quantitative estimate of drug-likeness (QED) is 0.675. The van der Waals surface area contributed by atoms with Crippen LogP contribution in [0.1, 0.15) is 24.2 Å². The minimum absolute atomic E-state index is 0.0445. The third-order valence-corrected chi connectivity index (χ3v) is 5.54. The third kappa shape index (κ3) is 4.87. The molecule has 2 aromatic heterocycles. The Hall–Kier alpha value is -2.84. The summed E-state index contributed by atoms with van der Waals surface area (Å²) in [5, 5.41) is 0. The van der Waals surface area contributed by atoms with Crippen molar-refractivity contribution in [1.82, 2.24) is 19.9 Å². The van der Waals surface area contributed by atoms with E-state index in [9.17, 15) is 8.42 Å². The Labute approximate surface area is 159 Å². The van der Waals surface area contributed by atoms with Crippen molar-refractivity contribution in [3.05, 3.63) is 78.4 Å². The number of nitrogens with zero attached hydrogens (tertiary/aromatic N) is 4. The molecule has 0 aliphatic carbocycles. The van der Waals surface area contributed by atoms with Crippen LogP contribution in [0.15, 0.2) is 72.0 Å². The summed E-state index contributed by atoms with van der Waals surface area (Å²) in [6.45, 7) is 2.69. The van der Waals surface area contributed by atoms with Crippen molar-refractivity contribution in [2.45, 2.75) is 24.4 Å². The predicted octanol–water partition coefficient (Wildman–Crippen LogP) is 2.87. The molecule has 0 saturated heterocycles. The normalized spacial score (nSPS) is 12.7. The topological polar surface area (TPSA) is 88.1 Å². The number of hydrogen-bond donors (Lipinski definition) is 1. The first-order valence-corrected chi connectivity index (χ1v) is 9.94. The lowest BCUT2D eigenvalue weighted by atomic mass is 10.2. The van der Waals surface area contributed by atoms with Gasteiger partial charge in [-0.15, -0.1) is 0 Å². The molecule has 0 bridgehead atoms. The summed E-state index contributed by atoms with van der Waals surface area (Å²) < 4.78 is 27.0. The van der Waals surface area contributed by atoms with Crippen molar-refractivity contribution in [3.63, 3.8) is 0 Å². The number of anilines is 1. The Morgan fingerprint density at radius 2 is 1.67 bits per heavy atom. The molecule has 8 heteroatoms. The molecule has 3 aromatic rings. The molecule has 1 N–H and O–H groups in total. The number of pyridine rings is 1. The molecule has 0 fully saturated rings. The Bertz CT molecular complexity index is 964. The van der Waals surface area contributed by atoms with E-state index in [4.69, 9.17) is 0 Å². The highest BCUT2D eigenvalue weighted by atomic mass is 32.2. The van der Waals surface area contributed by atoms with Crippen LogP contribution in [0.3, 0.4) is 0 Å². The summed E-state index contributed by atoms with van der Waals surface area (Å²) in [5.74, 6) is 0.0445. The van der Waals surface area contributed by atoms with Gasteiger partial charge in [-0.25, -0.2) is 23.1 Å². The van der Waals surface area contributed by atoms with Crippen LogP contribution in [0.2, 0.25) is 0 Å². The Kier molecular flexibility index (Phi) is 5.78. The molecule has 1 aromatic carbocycles. The summed E-state index contributed by atoms with van der Waals surface area (Å²) in [7, 11) is -1.70. The lowest BCUT2D eigenvalue weighted by Crippen LogP contribution is -2.23. The van der Waals surface area contributed by atoms with Gasteiger partial charge in [0.15, 0.2) is 0 Å². The predicted molar refractivity (Wildman–Crippen MR) is 103 cm³/mol. The maximum absolute atomic E-state index is 12.3. The van der Waals surface area contributed by atoms with Crippen LogP contribution in [0.4, 0.5) is 5.95 Å². The van der Waals surface area contributed by atoms with E-state index in [1.54, 1.807) is 36.8 Å². The van der Waals surface area contributed by atoms with Gasteiger partial charge in [-0.2, -0.15) is 0 Å². The van der Waals surface area contributed by atoms with E-state index in [1.807, 2.05) is 25.2 Å². The average molecular weight is 383 g/mol. The van der Waals surface area contributed by atoms with E-state index in [1.165, 1.54) is 12.1 Å². The monoisotopic (exact) mass is 383 g/mol. The average Bonchev–Trinajstić information content (AvgIpc) is 2.70. The standard InChI is InChI=1S/C19H21N5O2S/c1-15(18-10-6-7-11-20-18)24(2)14-16-12-21-19(22-13-16)23-27(25,26)17-8-4-3-5-9-17/h3-13,15H,14H2,1-2H3,(H,21,22,23). The fraction of sp³-hybridized carbons (Fsp3) is 0.211. The van der Waals surface area contributed by atoms with Gasteiger partial charge < -0.3 is 0 Å². The largest absolute Gasteiger partial charge is 0.294 e. The Morgan fingerprint density at radius 3 is 2.30 bits per heavy atom. The first-order chi connectivity index (χ1) is 13.0. The highest BCUT2D eigenvalue weighted by Gasteiger charge is 2.16. The minimum Gasteiger partial charge on any atom is -0.294 e. The highest BCUT2D eigenvalue weighted by molar-refractivity contribution is 7.92. The molecule has 1 unspecified atom stereocenters. The van der Waals surface area contributed by atoms with E-state index in [-0.39, 0.29) is 16.9 Å². The number of benzene rings is 1. The van der Waals surface area contributed by atoms with Crippen molar-refractivity contribution in [2.75, 3.05) is 11.8 Å². The molecule has 1 atom stereocenters. The molecule has 3 rings (SSSR count). The molecule has 0 saturated carbocycles. The van der Waals surface area contributed by atoms with Crippen LogP contribution in [0.5, 0.6) is 0 Å². The summed E-state index contributed by atoms with van der Waals surface area (Å²) in [6, 6.07) is 14.1. The van der Waals surface area contributed by atoms with Gasteiger partial charge in [-0.1, -0.05) is 24.3 Å². The molecule has 0 aliphatic heterocycles. The number of hydrogen-bond acceptors (Lipinski definition) is 6. The van der Waals surface area contributed by atoms with E-state index in [0.29, 0.717) is 6.54 Å². The van der Waals surface area contributed by atoms with Crippen molar-refractivity contribution in [1.29, 1.82) is 0 Å². The highest BCUT2D eigenvalue weighted by Crippen LogP contribution is 2.18. The number of rotatable bonds is 7. The second-order valence-corrected chi connectivity index (χ2v) is 7.86. The Balaban J connectivity index is 1.65. The second kappa shape index (κ2) is 8.24. The number of nitrogens with one attached hydrogen (secondary N) is 1. The molecule has 7 nitrogen and oxygen atoms in total. The summed E-state index contributed by atoms with van der Waals surface area (Å²) in [6.07, 6.45) is 5.02. The molecule has 27 heavy (non-hydrogen) atoms. The fourth-order valence-electron chi connectivity index (χ4n) is 2.54. The number of aromatic nitrogens is 3. The molecule has 0 amide bonds. The maximum atomic E-state index is 12.3. The molecule has 140 valence electrons. The summed E-state index contributed by atoms with van der Waals surface area (Å²) >= 11 is 0. The van der Waals surface area contributed by atoms with Crippen molar-refractivity contribution in [2.24, 2.45) is 0 Å². The van der Waals surface area contributed by atoms with Crippen molar-refractivity contribution in [3.8, 4) is 0 Å². The SMILES string of the molecule is CC(c1ccccn1)N(C)Cc1cnc(NS(=O)(=O)c2ccccc2)nc1. The van der Waals surface area contributed by atoms with Crippen LogP contribution in [0.25, 0.3) is 0 Å². The van der Waals surface area contributed by atoms with Crippen LogP contribution in [-0.2, 0) is 16.6 Å². The zero-order valence-electron chi connectivity index (χ0n) is 15.1. The zero-order valence-corrected chi connectivity index (χ0v) is 16.0. The van der Waals surface area contributed by atoms with Gasteiger partial charge >= 0.3 is 0 Å². The van der Waals surface area contributed by atoms with Crippen molar-refractivity contribution >= 4 is 16.0 Å². The molecule has 0 radical (unpaired) electrons. The first kappa shape index (κ1) is 18.9. The summed E-state index contributed by atoms with van der Waals surface area (Å²) in [5.41, 5.74) is 1.86.